The van der Waals surface area contributed by atoms with E-state index in [1.54, 1.807) is 7.05 Å². The Labute approximate surface area is 77.1 Å². The molecule has 0 radical (unpaired) electrons. The maximum atomic E-state index is 11.4. The normalized spacial score (nSPS) is 10.3. The molecule has 0 spiro atoms. The summed E-state index contributed by atoms with van der Waals surface area (Å²) >= 11 is 0. The van der Waals surface area contributed by atoms with Gasteiger partial charge in [-0.15, -0.1) is 5.10 Å². The Hall–Kier alpha value is -1.23. The molecule has 0 fully saturated rings. The van der Waals surface area contributed by atoms with Crippen LogP contribution in [-0.4, -0.2) is 33.9 Å². The molecule has 1 N–H and O–H groups in total. The molecule has 0 saturated heterocycles. The largest absolute Gasteiger partial charge is 0.310 e. The number of ketones is 1. The average Bonchev–Trinajstić information content (AvgIpc) is 2.52. The van der Waals surface area contributed by atoms with Crippen LogP contribution in [0.3, 0.4) is 0 Å². The number of rotatable bonds is 5. The molecule has 5 nitrogen and oxygen atoms in total. The lowest BCUT2D eigenvalue weighted by molar-refractivity contribution is 0.0982. The fourth-order valence-corrected chi connectivity index (χ4v) is 1.01. The van der Waals surface area contributed by atoms with Crippen LogP contribution < -0.4 is 5.32 Å². The molecule has 0 bridgehead atoms. The molecule has 1 aromatic heterocycles. The Balaban J connectivity index is 2.45. The lowest BCUT2D eigenvalue weighted by Crippen LogP contribution is -2.25. The van der Waals surface area contributed by atoms with Gasteiger partial charge < -0.3 is 5.32 Å². The van der Waals surface area contributed by atoms with Crippen molar-refractivity contribution < 1.29 is 4.79 Å². The van der Waals surface area contributed by atoms with Gasteiger partial charge in [-0.3, -0.25) is 4.79 Å². The van der Waals surface area contributed by atoms with Crippen molar-refractivity contribution in [3.05, 3.63) is 11.9 Å². The Kier molecular flexibility index (Phi) is 3.57. The van der Waals surface area contributed by atoms with Gasteiger partial charge in [-0.25, -0.2) is 4.68 Å². The maximum absolute atomic E-state index is 11.4. The van der Waals surface area contributed by atoms with E-state index in [0.717, 1.165) is 13.0 Å². The minimum Gasteiger partial charge on any atom is -0.310 e. The van der Waals surface area contributed by atoms with Crippen molar-refractivity contribution in [1.29, 1.82) is 0 Å². The van der Waals surface area contributed by atoms with Gasteiger partial charge in [0.2, 0.25) is 0 Å². The molecule has 0 aliphatic carbocycles. The zero-order chi connectivity index (χ0) is 9.68. The van der Waals surface area contributed by atoms with Crippen molar-refractivity contribution in [3.63, 3.8) is 0 Å². The first-order valence-electron chi connectivity index (χ1n) is 4.34. The number of carbonyl (C=O) groups excluding carboxylic acids is 1. The fourth-order valence-electron chi connectivity index (χ4n) is 1.01. The van der Waals surface area contributed by atoms with Gasteiger partial charge in [0.15, 0.2) is 5.78 Å². The number of nitrogens with one attached hydrogen (secondary N) is 1. The van der Waals surface area contributed by atoms with Crippen molar-refractivity contribution in [2.45, 2.75) is 13.3 Å². The van der Waals surface area contributed by atoms with Crippen molar-refractivity contribution in [2.75, 3.05) is 13.1 Å². The van der Waals surface area contributed by atoms with Gasteiger partial charge in [0.05, 0.1) is 12.7 Å². The smallest absolute Gasteiger partial charge is 0.196 e. The molecule has 0 aromatic carbocycles. The van der Waals surface area contributed by atoms with E-state index in [9.17, 15) is 4.79 Å². The SMILES string of the molecule is CCCNCC(=O)c1cnnn1C. The average molecular weight is 182 g/mol. The first kappa shape index (κ1) is 9.85. The minimum absolute atomic E-state index is 0.0287. The summed E-state index contributed by atoms with van der Waals surface area (Å²) in [5.74, 6) is 0.0287. The van der Waals surface area contributed by atoms with Crippen molar-refractivity contribution >= 4 is 5.78 Å². The highest BCUT2D eigenvalue weighted by atomic mass is 16.1. The van der Waals surface area contributed by atoms with Crippen LogP contribution in [0.15, 0.2) is 6.20 Å². The molecule has 72 valence electrons. The number of hydrogen-bond donors (Lipinski definition) is 1. The van der Waals surface area contributed by atoms with Gasteiger partial charge in [0.25, 0.3) is 0 Å². The van der Waals surface area contributed by atoms with E-state index in [1.807, 2.05) is 0 Å². The standard InChI is InChI=1S/C8H14N4O/c1-3-4-9-6-8(13)7-5-10-11-12(7)2/h5,9H,3-4,6H2,1-2H3. The highest BCUT2D eigenvalue weighted by Crippen LogP contribution is 1.93. The van der Waals surface area contributed by atoms with Gasteiger partial charge in [0, 0.05) is 7.05 Å². The summed E-state index contributed by atoms with van der Waals surface area (Å²) in [6, 6.07) is 0. The molecule has 0 atom stereocenters. The molecule has 5 heteroatoms. The van der Waals surface area contributed by atoms with Crippen LogP contribution in [0.1, 0.15) is 23.8 Å². The second-order valence-corrected chi connectivity index (χ2v) is 2.84. The van der Waals surface area contributed by atoms with Gasteiger partial charge in [0.1, 0.15) is 5.69 Å². The summed E-state index contributed by atoms with van der Waals surface area (Å²) in [6.07, 6.45) is 2.51. The van der Waals surface area contributed by atoms with Gasteiger partial charge in [-0.2, -0.15) is 0 Å². The molecular formula is C8H14N4O. The zero-order valence-corrected chi connectivity index (χ0v) is 7.95. The summed E-state index contributed by atoms with van der Waals surface area (Å²) in [4.78, 5) is 11.4. The minimum atomic E-state index is 0.0287. The molecule has 0 saturated carbocycles. The van der Waals surface area contributed by atoms with Gasteiger partial charge in [-0.05, 0) is 13.0 Å². The summed E-state index contributed by atoms with van der Waals surface area (Å²) in [5, 5.41) is 10.4. The highest BCUT2D eigenvalue weighted by molar-refractivity contribution is 5.95. The number of aromatic nitrogens is 3. The van der Waals surface area contributed by atoms with E-state index in [-0.39, 0.29) is 5.78 Å². The summed E-state index contributed by atoms with van der Waals surface area (Å²) in [7, 11) is 1.71. The summed E-state index contributed by atoms with van der Waals surface area (Å²) in [5.41, 5.74) is 0.545. The monoisotopic (exact) mass is 182 g/mol. The first-order valence-corrected chi connectivity index (χ1v) is 4.34. The molecule has 1 heterocycles. The van der Waals surface area contributed by atoms with E-state index >= 15 is 0 Å². The molecule has 0 amide bonds. The number of Topliss-reactive ketones (excluding diaryl/α,β-unsaturated/α-hetero) is 1. The number of carbonyl (C=O) groups is 1. The molecule has 1 aromatic rings. The Morgan fingerprint density at radius 1 is 1.69 bits per heavy atom. The van der Waals surface area contributed by atoms with Crippen LogP contribution >= 0.6 is 0 Å². The zero-order valence-electron chi connectivity index (χ0n) is 7.95. The molecule has 1 rings (SSSR count). The number of nitrogens with zero attached hydrogens (tertiary/aromatic N) is 3. The van der Waals surface area contributed by atoms with Gasteiger partial charge in [-0.1, -0.05) is 12.1 Å². The first-order chi connectivity index (χ1) is 6.25. The summed E-state index contributed by atoms with van der Waals surface area (Å²) in [6.45, 7) is 3.27. The third-order valence-electron chi connectivity index (χ3n) is 1.71. The van der Waals surface area contributed by atoms with Crippen molar-refractivity contribution in [2.24, 2.45) is 7.05 Å². The van der Waals surface area contributed by atoms with Crippen molar-refractivity contribution in [1.82, 2.24) is 20.3 Å². The highest BCUT2D eigenvalue weighted by Gasteiger charge is 2.09. The molecule has 13 heavy (non-hydrogen) atoms. The molecule has 0 unspecified atom stereocenters. The third kappa shape index (κ3) is 2.62. The predicted octanol–water partition coefficient (Wildman–Crippen LogP) is -0.00260. The van der Waals surface area contributed by atoms with Crippen LogP contribution in [0.5, 0.6) is 0 Å². The van der Waals surface area contributed by atoms with E-state index in [2.05, 4.69) is 22.6 Å². The third-order valence-corrected chi connectivity index (χ3v) is 1.71. The second-order valence-electron chi connectivity index (χ2n) is 2.84. The Bertz CT molecular complexity index is 281. The molecule has 0 aliphatic heterocycles. The molecule has 0 aliphatic rings. The topological polar surface area (TPSA) is 59.8 Å². The summed E-state index contributed by atoms with van der Waals surface area (Å²) < 4.78 is 1.48. The number of aryl methyl sites for hydroxylation is 1. The van der Waals surface area contributed by atoms with E-state index in [1.165, 1.54) is 10.9 Å². The Morgan fingerprint density at radius 2 is 2.46 bits per heavy atom. The van der Waals surface area contributed by atoms with Crippen LogP contribution in [0, 0.1) is 0 Å². The quantitative estimate of drug-likeness (QED) is 0.514. The van der Waals surface area contributed by atoms with E-state index in [0.29, 0.717) is 12.2 Å². The predicted molar refractivity (Wildman–Crippen MR) is 48.5 cm³/mol. The van der Waals surface area contributed by atoms with E-state index < -0.39 is 0 Å². The Morgan fingerprint density at radius 3 is 3.00 bits per heavy atom. The van der Waals surface area contributed by atoms with Crippen molar-refractivity contribution in [3.8, 4) is 0 Å². The second kappa shape index (κ2) is 4.71. The van der Waals surface area contributed by atoms with Crippen LogP contribution in [-0.2, 0) is 7.05 Å². The number of hydrogen-bond acceptors (Lipinski definition) is 4. The lowest BCUT2D eigenvalue weighted by Gasteiger charge is -2.01. The van der Waals surface area contributed by atoms with E-state index in [4.69, 9.17) is 0 Å². The van der Waals surface area contributed by atoms with Crippen LogP contribution in [0.2, 0.25) is 0 Å². The fraction of sp³-hybridized carbons (Fsp3) is 0.625. The van der Waals surface area contributed by atoms with Crippen LogP contribution in [0.25, 0.3) is 0 Å². The molecular weight excluding hydrogens is 168 g/mol. The van der Waals surface area contributed by atoms with Gasteiger partial charge >= 0.3 is 0 Å². The lowest BCUT2D eigenvalue weighted by atomic mass is 10.3. The maximum Gasteiger partial charge on any atom is 0.196 e. The van der Waals surface area contributed by atoms with Crippen LogP contribution in [0.4, 0.5) is 0 Å².